The molecule has 9 heteroatoms. The first-order valence-electron chi connectivity index (χ1n) is 8.05. The largest absolute Gasteiger partial charge is 0.465 e. The number of fused-ring (bicyclic) bond motifs is 2. The smallest absolute Gasteiger partial charge is 0.408 e. The second-order valence-corrected chi connectivity index (χ2v) is 6.57. The van der Waals surface area contributed by atoms with Crippen LogP contribution in [0.1, 0.15) is 25.7 Å². The summed E-state index contributed by atoms with van der Waals surface area (Å²) in [6.07, 6.45) is 0.817. The van der Waals surface area contributed by atoms with Crippen molar-refractivity contribution in [1.82, 2.24) is 9.80 Å². The summed E-state index contributed by atoms with van der Waals surface area (Å²) in [6, 6.07) is 0.410. The number of nitrogens with two attached hydrogens (primary N) is 1. The first kappa shape index (κ1) is 16.5. The van der Waals surface area contributed by atoms with E-state index in [1.54, 1.807) is 0 Å². The highest BCUT2D eigenvalue weighted by atomic mass is 16.5. The number of hydrogen-bond acceptors (Lipinski definition) is 5. The molecule has 24 heavy (non-hydrogen) atoms. The first-order chi connectivity index (χ1) is 11.4. The molecule has 3 rings (SSSR count). The van der Waals surface area contributed by atoms with Crippen molar-refractivity contribution in [3.63, 3.8) is 0 Å². The molecule has 2 heterocycles. The van der Waals surface area contributed by atoms with Gasteiger partial charge in [0.25, 0.3) is 0 Å². The Morgan fingerprint density at radius 2 is 2.08 bits per heavy atom. The third-order valence-corrected chi connectivity index (χ3v) is 5.21. The van der Waals surface area contributed by atoms with Gasteiger partial charge in [0, 0.05) is 6.54 Å². The van der Waals surface area contributed by atoms with Crippen molar-refractivity contribution in [2.45, 2.75) is 49.9 Å². The van der Waals surface area contributed by atoms with Gasteiger partial charge in [-0.1, -0.05) is 0 Å². The van der Waals surface area contributed by atoms with Crippen LogP contribution in [0, 0.1) is 17.2 Å². The number of carbonyl (C=O) groups is 3. The zero-order chi connectivity index (χ0) is 17.4. The molecule has 0 aromatic rings. The molecule has 1 saturated carbocycles. The van der Waals surface area contributed by atoms with Crippen molar-refractivity contribution in [2.75, 3.05) is 13.2 Å². The van der Waals surface area contributed by atoms with Crippen molar-refractivity contribution in [1.29, 1.82) is 5.26 Å². The highest BCUT2D eigenvalue weighted by Crippen LogP contribution is 2.45. The van der Waals surface area contributed by atoms with Crippen LogP contribution in [0.2, 0.25) is 0 Å². The molecule has 9 nitrogen and oxygen atoms in total. The Bertz CT molecular complexity index is 603. The quantitative estimate of drug-likeness (QED) is 0.711. The maximum Gasteiger partial charge on any atom is 0.408 e. The molecule has 1 aliphatic carbocycles. The first-order valence-corrected chi connectivity index (χ1v) is 8.05. The number of nitriles is 1. The fourth-order valence-corrected chi connectivity index (χ4v) is 4.28. The molecule has 2 aliphatic heterocycles. The summed E-state index contributed by atoms with van der Waals surface area (Å²) in [4.78, 5) is 38.1. The lowest BCUT2D eigenvalue weighted by atomic mass is 9.96. The van der Waals surface area contributed by atoms with E-state index in [0.29, 0.717) is 25.8 Å². The zero-order valence-corrected chi connectivity index (χ0v) is 13.1. The van der Waals surface area contributed by atoms with E-state index in [4.69, 9.17) is 15.7 Å². The van der Waals surface area contributed by atoms with Gasteiger partial charge in [-0.3, -0.25) is 14.5 Å². The number of piperidine rings is 1. The van der Waals surface area contributed by atoms with E-state index in [-0.39, 0.29) is 18.4 Å². The number of carbonyl (C=O) groups excluding carboxylic acids is 2. The van der Waals surface area contributed by atoms with E-state index in [2.05, 4.69) is 6.07 Å². The average molecular weight is 336 g/mol. The van der Waals surface area contributed by atoms with Crippen LogP contribution in [-0.4, -0.2) is 70.2 Å². The number of ether oxygens (including phenoxy) is 1. The fraction of sp³-hybridized carbons (Fsp3) is 0.733. The molecule has 130 valence electrons. The highest BCUT2D eigenvalue weighted by Gasteiger charge is 2.57. The van der Waals surface area contributed by atoms with Gasteiger partial charge in [-0.25, -0.2) is 4.79 Å². The van der Waals surface area contributed by atoms with Crippen LogP contribution >= 0.6 is 0 Å². The average Bonchev–Trinajstić information content (AvgIpc) is 3.24. The van der Waals surface area contributed by atoms with E-state index in [0.717, 1.165) is 11.3 Å². The van der Waals surface area contributed by atoms with E-state index < -0.39 is 36.2 Å². The Hall–Kier alpha value is -2.34. The van der Waals surface area contributed by atoms with Crippen LogP contribution < -0.4 is 5.73 Å². The van der Waals surface area contributed by atoms with Crippen molar-refractivity contribution in [2.24, 2.45) is 11.7 Å². The maximum absolute atomic E-state index is 12.8. The Morgan fingerprint density at radius 3 is 2.71 bits per heavy atom. The SMILES string of the molecule is N#C[C@@H]1CCCN1C(=O)[C@@H]1[C@H]2C[C@@H](OCC(N)=O)[C@H](C2)N1C(=O)O. The topological polar surface area (TPSA) is 137 Å². The lowest BCUT2D eigenvalue weighted by molar-refractivity contribution is -0.141. The van der Waals surface area contributed by atoms with Gasteiger partial charge < -0.3 is 20.5 Å². The second kappa shape index (κ2) is 6.28. The molecule has 2 saturated heterocycles. The molecule has 3 fully saturated rings. The van der Waals surface area contributed by atoms with Crippen molar-refractivity contribution in [3.8, 4) is 6.07 Å². The van der Waals surface area contributed by atoms with Crippen LogP contribution in [0.15, 0.2) is 0 Å². The molecule has 5 atom stereocenters. The maximum atomic E-state index is 12.8. The predicted octanol–water partition coefficient (Wildman–Crippen LogP) is -0.488. The minimum atomic E-state index is -1.18. The summed E-state index contributed by atoms with van der Waals surface area (Å²) in [7, 11) is 0. The summed E-state index contributed by atoms with van der Waals surface area (Å²) in [5.74, 6) is -1.06. The Morgan fingerprint density at radius 1 is 1.33 bits per heavy atom. The summed E-state index contributed by atoms with van der Waals surface area (Å²) in [5.41, 5.74) is 5.07. The Balaban J connectivity index is 1.76. The molecule has 3 aliphatic rings. The predicted molar refractivity (Wildman–Crippen MR) is 79.4 cm³/mol. The molecule has 0 unspecified atom stereocenters. The van der Waals surface area contributed by atoms with Crippen molar-refractivity contribution in [3.05, 3.63) is 0 Å². The third kappa shape index (κ3) is 2.67. The number of likely N-dealkylation sites (tertiary alicyclic amines) is 2. The van der Waals surface area contributed by atoms with Crippen LogP contribution in [0.25, 0.3) is 0 Å². The van der Waals surface area contributed by atoms with E-state index in [9.17, 15) is 19.5 Å². The summed E-state index contributed by atoms with van der Waals surface area (Å²) in [5, 5.41) is 18.7. The molecule has 0 radical (unpaired) electrons. The summed E-state index contributed by atoms with van der Waals surface area (Å²) >= 11 is 0. The van der Waals surface area contributed by atoms with Gasteiger partial charge in [0.1, 0.15) is 18.7 Å². The molecule has 0 aromatic heterocycles. The Kier molecular flexibility index (Phi) is 4.32. The standard InChI is InChI=1S/C15H20N4O5/c16-6-9-2-1-3-18(9)14(21)13-8-4-10(19(13)15(22)23)11(5-8)24-7-12(17)20/h8-11,13H,1-5,7H2,(H2,17,20)(H,22,23)/t8-,9+,10+,11-,13+/m1/s1. The minimum absolute atomic E-state index is 0.156. The van der Waals surface area contributed by atoms with Gasteiger partial charge in [0.15, 0.2) is 0 Å². The monoisotopic (exact) mass is 336 g/mol. The Labute approximate surface area is 138 Å². The van der Waals surface area contributed by atoms with Crippen LogP contribution in [0.5, 0.6) is 0 Å². The zero-order valence-electron chi connectivity index (χ0n) is 13.1. The number of amides is 3. The normalized spacial score (nSPS) is 34.4. The number of nitrogens with zero attached hydrogens (tertiary/aromatic N) is 3. The fourth-order valence-electron chi connectivity index (χ4n) is 4.28. The lowest BCUT2D eigenvalue weighted by Gasteiger charge is -2.38. The van der Waals surface area contributed by atoms with Gasteiger partial charge in [0.2, 0.25) is 11.8 Å². The summed E-state index contributed by atoms with van der Waals surface area (Å²) in [6.45, 7) is 0.225. The summed E-state index contributed by atoms with van der Waals surface area (Å²) < 4.78 is 5.42. The van der Waals surface area contributed by atoms with Crippen LogP contribution in [0.4, 0.5) is 4.79 Å². The number of primary amides is 1. The van der Waals surface area contributed by atoms with Crippen molar-refractivity contribution < 1.29 is 24.2 Å². The van der Waals surface area contributed by atoms with Gasteiger partial charge in [-0.2, -0.15) is 5.26 Å². The molecule has 0 aromatic carbocycles. The van der Waals surface area contributed by atoms with Gasteiger partial charge in [-0.05, 0) is 31.6 Å². The van der Waals surface area contributed by atoms with Crippen LogP contribution in [-0.2, 0) is 14.3 Å². The molecule has 3 amide bonds. The second-order valence-electron chi connectivity index (χ2n) is 6.57. The molecule has 0 spiro atoms. The lowest BCUT2D eigenvalue weighted by Crippen LogP contribution is -2.57. The van der Waals surface area contributed by atoms with Gasteiger partial charge in [0.05, 0.1) is 18.2 Å². The molecular formula is C15H20N4O5. The minimum Gasteiger partial charge on any atom is -0.465 e. The molecule has 2 bridgehead atoms. The number of hydrogen-bond donors (Lipinski definition) is 2. The van der Waals surface area contributed by atoms with Crippen LogP contribution in [0.3, 0.4) is 0 Å². The third-order valence-electron chi connectivity index (χ3n) is 5.21. The van der Waals surface area contributed by atoms with Gasteiger partial charge in [-0.15, -0.1) is 0 Å². The highest BCUT2D eigenvalue weighted by molar-refractivity contribution is 5.87. The van der Waals surface area contributed by atoms with Gasteiger partial charge >= 0.3 is 6.09 Å². The van der Waals surface area contributed by atoms with E-state index in [1.165, 1.54) is 4.90 Å². The molecule has 3 N–H and O–H groups in total. The molecular weight excluding hydrogens is 316 g/mol. The van der Waals surface area contributed by atoms with E-state index in [1.807, 2.05) is 0 Å². The number of rotatable bonds is 4. The van der Waals surface area contributed by atoms with Crippen molar-refractivity contribution >= 4 is 17.9 Å². The van der Waals surface area contributed by atoms with E-state index >= 15 is 0 Å². The number of carboxylic acid groups (broad SMARTS) is 1.